The molecule has 6 heteroatoms. The molecule has 0 saturated carbocycles. The normalized spacial score (nSPS) is 10.9. The molecule has 0 atom stereocenters. The molecule has 0 aliphatic heterocycles. The van der Waals surface area contributed by atoms with Gasteiger partial charge in [-0.3, -0.25) is 0 Å². The van der Waals surface area contributed by atoms with E-state index in [1.54, 1.807) is 11.3 Å². The van der Waals surface area contributed by atoms with Crippen molar-refractivity contribution in [2.45, 2.75) is 6.54 Å². The van der Waals surface area contributed by atoms with Crippen LogP contribution in [0.4, 0.5) is 0 Å². The third kappa shape index (κ3) is 2.42. The fraction of sp³-hybridized carbons (Fsp3) is 0.222. The Bertz CT molecular complexity index is 466. The SMILES string of the molecule is CNCc1nc(-c2ccc(Br)s2)c(Cl)[nH]1. The van der Waals surface area contributed by atoms with Crippen LogP contribution in [0, 0.1) is 0 Å². The van der Waals surface area contributed by atoms with Gasteiger partial charge in [0.1, 0.15) is 16.7 Å². The van der Waals surface area contributed by atoms with E-state index >= 15 is 0 Å². The number of thiophene rings is 1. The maximum atomic E-state index is 6.07. The molecule has 2 N–H and O–H groups in total. The number of imidazole rings is 1. The quantitative estimate of drug-likeness (QED) is 0.913. The fourth-order valence-corrected chi connectivity index (χ4v) is 2.94. The number of nitrogens with one attached hydrogen (secondary N) is 2. The van der Waals surface area contributed by atoms with Crippen molar-refractivity contribution in [1.29, 1.82) is 0 Å². The van der Waals surface area contributed by atoms with Crippen molar-refractivity contribution >= 4 is 38.9 Å². The van der Waals surface area contributed by atoms with E-state index in [0.717, 1.165) is 20.2 Å². The van der Waals surface area contributed by atoms with Crippen LogP contribution in [0.2, 0.25) is 5.15 Å². The predicted molar refractivity (Wildman–Crippen MR) is 67.4 cm³/mol. The minimum absolute atomic E-state index is 0.592. The number of nitrogens with zero attached hydrogens (tertiary/aromatic N) is 1. The molecule has 2 aromatic heterocycles. The number of hydrogen-bond donors (Lipinski definition) is 2. The van der Waals surface area contributed by atoms with E-state index in [2.05, 4.69) is 31.2 Å². The van der Waals surface area contributed by atoms with Gasteiger partial charge in [0.25, 0.3) is 0 Å². The molecule has 0 radical (unpaired) electrons. The Morgan fingerprint density at radius 2 is 2.40 bits per heavy atom. The van der Waals surface area contributed by atoms with Crippen molar-refractivity contribution < 1.29 is 0 Å². The van der Waals surface area contributed by atoms with Gasteiger partial charge in [-0.05, 0) is 35.1 Å². The highest BCUT2D eigenvalue weighted by Crippen LogP contribution is 2.33. The minimum Gasteiger partial charge on any atom is -0.331 e. The van der Waals surface area contributed by atoms with Crippen LogP contribution in [0.1, 0.15) is 5.82 Å². The number of hydrogen-bond acceptors (Lipinski definition) is 3. The van der Waals surface area contributed by atoms with Crippen LogP contribution in [0.5, 0.6) is 0 Å². The Hall–Kier alpha value is -0.360. The molecular formula is C9H9BrClN3S. The van der Waals surface area contributed by atoms with Crippen LogP contribution in [0.15, 0.2) is 15.9 Å². The lowest BCUT2D eigenvalue weighted by Gasteiger charge is -1.91. The topological polar surface area (TPSA) is 40.7 Å². The summed E-state index contributed by atoms with van der Waals surface area (Å²) in [5, 5.41) is 3.62. The van der Waals surface area contributed by atoms with Gasteiger partial charge in [-0.25, -0.2) is 4.98 Å². The van der Waals surface area contributed by atoms with Gasteiger partial charge >= 0.3 is 0 Å². The van der Waals surface area contributed by atoms with Gasteiger partial charge in [0.15, 0.2) is 0 Å². The monoisotopic (exact) mass is 305 g/mol. The predicted octanol–water partition coefficient (Wildman–Crippen LogP) is 3.27. The molecule has 0 aliphatic rings. The summed E-state index contributed by atoms with van der Waals surface area (Å²) in [4.78, 5) is 8.52. The Balaban J connectivity index is 2.35. The summed E-state index contributed by atoms with van der Waals surface area (Å²) in [6.45, 7) is 0.687. The first-order chi connectivity index (χ1) is 7.20. The van der Waals surface area contributed by atoms with Crippen molar-refractivity contribution in [3.05, 3.63) is 26.9 Å². The molecule has 15 heavy (non-hydrogen) atoms. The first-order valence-corrected chi connectivity index (χ1v) is 6.34. The van der Waals surface area contributed by atoms with E-state index in [0.29, 0.717) is 11.7 Å². The first-order valence-electron chi connectivity index (χ1n) is 4.35. The van der Waals surface area contributed by atoms with Crippen molar-refractivity contribution in [3.63, 3.8) is 0 Å². The second-order valence-electron chi connectivity index (χ2n) is 2.98. The van der Waals surface area contributed by atoms with Crippen LogP contribution >= 0.6 is 38.9 Å². The maximum Gasteiger partial charge on any atom is 0.135 e. The Kier molecular flexibility index (Phi) is 3.45. The minimum atomic E-state index is 0.592. The average Bonchev–Trinajstić information content (AvgIpc) is 2.73. The number of aromatic nitrogens is 2. The summed E-state index contributed by atoms with van der Waals surface area (Å²) in [6, 6.07) is 3.99. The lowest BCUT2D eigenvalue weighted by atomic mass is 10.4. The van der Waals surface area contributed by atoms with E-state index < -0.39 is 0 Å². The molecule has 0 amide bonds. The number of H-pyrrole nitrogens is 1. The number of rotatable bonds is 3. The first kappa shape index (κ1) is 11.1. The van der Waals surface area contributed by atoms with E-state index in [4.69, 9.17) is 11.6 Å². The summed E-state index contributed by atoms with van der Waals surface area (Å²) < 4.78 is 1.08. The van der Waals surface area contributed by atoms with Crippen molar-refractivity contribution in [2.24, 2.45) is 0 Å². The van der Waals surface area contributed by atoms with Crippen LogP contribution < -0.4 is 5.32 Å². The zero-order valence-electron chi connectivity index (χ0n) is 7.97. The summed E-state index contributed by atoms with van der Waals surface area (Å²) >= 11 is 11.1. The molecule has 80 valence electrons. The summed E-state index contributed by atoms with van der Waals surface area (Å²) in [5.41, 5.74) is 0.817. The average molecular weight is 307 g/mol. The maximum absolute atomic E-state index is 6.07. The summed E-state index contributed by atoms with van der Waals surface area (Å²) in [7, 11) is 1.87. The second-order valence-corrected chi connectivity index (χ2v) is 5.82. The van der Waals surface area contributed by atoms with Crippen molar-refractivity contribution in [2.75, 3.05) is 7.05 Å². The van der Waals surface area contributed by atoms with Gasteiger partial charge in [-0.15, -0.1) is 11.3 Å². The van der Waals surface area contributed by atoms with Crippen LogP contribution in [0.25, 0.3) is 10.6 Å². The van der Waals surface area contributed by atoms with E-state index in [9.17, 15) is 0 Å². The fourth-order valence-electron chi connectivity index (χ4n) is 1.25. The zero-order chi connectivity index (χ0) is 10.8. The van der Waals surface area contributed by atoms with Gasteiger partial charge in [0, 0.05) is 0 Å². The molecule has 0 aromatic carbocycles. The highest BCUT2D eigenvalue weighted by Gasteiger charge is 2.11. The van der Waals surface area contributed by atoms with Crippen molar-refractivity contribution in [3.8, 4) is 10.6 Å². The molecule has 2 aromatic rings. The standard InChI is InChI=1S/C9H9BrClN3S/c1-12-4-7-13-8(9(11)14-7)5-2-3-6(10)15-5/h2-3,12H,4H2,1H3,(H,13,14). The van der Waals surface area contributed by atoms with Gasteiger partial charge < -0.3 is 10.3 Å². The van der Waals surface area contributed by atoms with Gasteiger partial charge in [-0.1, -0.05) is 11.6 Å². The lowest BCUT2D eigenvalue weighted by molar-refractivity contribution is 0.772. The van der Waals surface area contributed by atoms with E-state index in [1.165, 1.54) is 0 Å². The van der Waals surface area contributed by atoms with E-state index in [-0.39, 0.29) is 0 Å². The summed E-state index contributed by atoms with van der Waals surface area (Å²) in [5.74, 6) is 0.849. The van der Waals surface area contributed by atoms with Gasteiger partial charge in [0.2, 0.25) is 0 Å². The van der Waals surface area contributed by atoms with Crippen LogP contribution in [-0.4, -0.2) is 17.0 Å². The third-order valence-electron chi connectivity index (χ3n) is 1.86. The molecular weight excluding hydrogens is 298 g/mol. The molecule has 0 aliphatic carbocycles. The Morgan fingerprint density at radius 1 is 1.60 bits per heavy atom. The molecule has 3 nitrogen and oxygen atoms in total. The largest absolute Gasteiger partial charge is 0.331 e. The van der Waals surface area contributed by atoms with Crippen LogP contribution in [-0.2, 0) is 6.54 Å². The Morgan fingerprint density at radius 3 is 3.00 bits per heavy atom. The van der Waals surface area contributed by atoms with E-state index in [1.807, 2.05) is 19.2 Å². The smallest absolute Gasteiger partial charge is 0.135 e. The molecule has 0 bridgehead atoms. The highest BCUT2D eigenvalue weighted by atomic mass is 79.9. The molecule has 0 unspecified atom stereocenters. The highest BCUT2D eigenvalue weighted by molar-refractivity contribution is 9.11. The Labute approximate surface area is 105 Å². The second kappa shape index (κ2) is 4.65. The molecule has 0 saturated heterocycles. The molecule has 0 spiro atoms. The van der Waals surface area contributed by atoms with Crippen molar-refractivity contribution in [1.82, 2.24) is 15.3 Å². The molecule has 2 rings (SSSR count). The molecule has 2 heterocycles. The number of halogens is 2. The summed E-state index contributed by atoms with van der Waals surface area (Å²) in [6.07, 6.45) is 0. The number of aromatic amines is 1. The lowest BCUT2D eigenvalue weighted by Crippen LogP contribution is -2.06. The molecule has 0 fully saturated rings. The zero-order valence-corrected chi connectivity index (χ0v) is 11.1. The third-order valence-corrected chi connectivity index (χ3v) is 3.76. The van der Waals surface area contributed by atoms with Crippen LogP contribution in [0.3, 0.4) is 0 Å². The van der Waals surface area contributed by atoms with Gasteiger partial charge in [0.05, 0.1) is 15.2 Å². The van der Waals surface area contributed by atoms with Gasteiger partial charge in [-0.2, -0.15) is 0 Å².